The number of ether oxygens (including phenoxy) is 3. The molecule has 8 atom stereocenters. The molecule has 2 N–H and O–H groups in total. The van der Waals surface area contributed by atoms with Crippen molar-refractivity contribution in [2.75, 3.05) is 13.2 Å². The van der Waals surface area contributed by atoms with Gasteiger partial charge < -0.3 is 24.4 Å². The van der Waals surface area contributed by atoms with Gasteiger partial charge in [0.2, 0.25) is 0 Å². The van der Waals surface area contributed by atoms with E-state index in [1.807, 2.05) is 13.8 Å². The molecule has 2 fully saturated rings. The third-order valence-corrected chi connectivity index (χ3v) is 9.93. The van der Waals surface area contributed by atoms with E-state index in [-0.39, 0.29) is 37.9 Å². The molecule has 0 aliphatic heterocycles. The van der Waals surface area contributed by atoms with Crippen LogP contribution in [0.4, 0.5) is 0 Å². The number of Topliss-reactive ketones (excluding diaryl/α,β-unsaturated/α-hetero) is 1. The molecule has 40 heavy (non-hydrogen) atoms. The Morgan fingerprint density at radius 2 is 1.80 bits per heavy atom. The highest BCUT2D eigenvalue weighted by Gasteiger charge is 2.85. The third-order valence-electron chi connectivity index (χ3n) is 9.93. The van der Waals surface area contributed by atoms with Crippen molar-refractivity contribution >= 4 is 23.7 Å². The van der Waals surface area contributed by atoms with Gasteiger partial charge in [-0.2, -0.15) is 0 Å². The van der Waals surface area contributed by atoms with Crippen molar-refractivity contribution in [1.29, 1.82) is 0 Å². The minimum atomic E-state index is -1.92. The number of esters is 3. The first-order valence-electron chi connectivity index (χ1n) is 14.0. The molecule has 0 spiro atoms. The van der Waals surface area contributed by atoms with Crippen LogP contribution in [0.2, 0.25) is 0 Å². The molecule has 220 valence electrons. The summed E-state index contributed by atoms with van der Waals surface area (Å²) in [5.74, 6) is -4.92. The van der Waals surface area contributed by atoms with Crippen molar-refractivity contribution in [2.24, 2.45) is 35.0 Å². The maximum absolute atomic E-state index is 13.3. The van der Waals surface area contributed by atoms with Gasteiger partial charge in [-0.25, -0.2) is 4.79 Å². The number of carbonyl (C=O) groups excluding carboxylic acids is 4. The van der Waals surface area contributed by atoms with E-state index in [0.29, 0.717) is 16.7 Å². The minimum Gasteiger partial charge on any atom is -0.465 e. The summed E-state index contributed by atoms with van der Waals surface area (Å²) < 4.78 is 17.3. The molecule has 4 aliphatic carbocycles. The monoisotopic (exact) mass is 558 g/mol. The van der Waals surface area contributed by atoms with Gasteiger partial charge in [-0.3, -0.25) is 14.4 Å². The fraction of sp³-hybridized carbons (Fsp3) is 0.677. The fourth-order valence-corrected chi connectivity index (χ4v) is 7.56. The van der Waals surface area contributed by atoms with Crippen molar-refractivity contribution in [3.63, 3.8) is 0 Å². The standard InChI is InChI=1S/C31H42O9/c1-9-17(4)27(35)40-30-12-19(6)31(37)22(24(30)28(30,8)15-39-26(34)16(2)3)11-21(14-38-20(7)32)13-29(36)23(31)10-18(5)25(29)33/h9-11,16,19,22-24,36-37H,12-15H2,1-8H3/b17-9-/t19-,22+,23-,24-,28-,29-,30+,31-/m1/s1. The summed E-state index contributed by atoms with van der Waals surface area (Å²) in [4.78, 5) is 50.7. The number of fused-ring (bicyclic) bond motifs is 5. The molecule has 0 aromatic rings. The zero-order valence-electron chi connectivity index (χ0n) is 24.7. The highest BCUT2D eigenvalue weighted by Crippen LogP contribution is 2.77. The number of allylic oxidation sites excluding steroid dienone is 1. The maximum Gasteiger partial charge on any atom is 0.333 e. The molecule has 0 aromatic carbocycles. The average molecular weight is 559 g/mol. The molecule has 0 amide bonds. The third kappa shape index (κ3) is 4.28. The van der Waals surface area contributed by atoms with Crippen LogP contribution in [0.25, 0.3) is 0 Å². The van der Waals surface area contributed by atoms with Crippen LogP contribution in [0.15, 0.2) is 34.9 Å². The van der Waals surface area contributed by atoms with Crippen LogP contribution in [-0.2, 0) is 33.4 Å². The first kappa shape index (κ1) is 30.2. The van der Waals surface area contributed by atoms with Gasteiger partial charge in [0, 0.05) is 42.1 Å². The molecule has 9 nitrogen and oxygen atoms in total. The number of carbonyl (C=O) groups is 4. The zero-order chi connectivity index (χ0) is 30.0. The van der Waals surface area contributed by atoms with Crippen molar-refractivity contribution in [1.82, 2.24) is 0 Å². The maximum atomic E-state index is 13.3. The molecule has 0 radical (unpaired) electrons. The average Bonchev–Trinajstić information content (AvgIpc) is 3.33. The Kier molecular flexibility index (Phi) is 7.50. The number of rotatable bonds is 7. The molecule has 4 rings (SSSR count). The van der Waals surface area contributed by atoms with Crippen molar-refractivity contribution < 1.29 is 43.6 Å². The van der Waals surface area contributed by atoms with E-state index in [9.17, 15) is 29.4 Å². The predicted molar refractivity (Wildman–Crippen MR) is 144 cm³/mol. The summed E-state index contributed by atoms with van der Waals surface area (Å²) in [5.41, 5.74) is -4.18. The van der Waals surface area contributed by atoms with Crippen LogP contribution in [0.1, 0.15) is 68.2 Å². The number of hydrogen-bond donors (Lipinski definition) is 2. The van der Waals surface area contributed by atoms with Gasteiger partial charge in [0.05, 0.1) is 11.5 Å². The molecular weight excluding hydrogens is 516 g/mol. The number of hydrogen-bond acceptors (Lipinski definition) is 9. The molecular formula is C31H42O9. The SMILES string of the molecule is C/C=C(/C)C(=O)O[C@@]12C[C@@H](C)[C@@]3(O)[C@@H](C=C(COC(C)=O)C[C@]4(O)C(=O)C(C)=C[C@@H]34)[C@@H]1[C@@]2(C)COC(=O)C(C)C. The van der Waals surface area contributed by atoms with Gasteiger partial charge in [0.25, 0.3) is 0 Å². The largest absolute Gasteiger partial charge is 0.465 e. The molecule has 0 unspecified atom stereocenters. The van der Waals surface area contributed by atoms with E-state index in [1.54, 1.807) is 52.8 Å². The van der Waals surface area contributed by atoms with Crippen molar-refractivity contribution in [2.45, 2.75) is 85.0 Å². The lowest BCUT2D eigenvalue weighted by atomic mass is 9.60. The summed E-state index contributed by atoms with van der Waals surface area (Å²) in [6.07, 6.45) is 5.23. The van der Waals surface area contributed by atoms with Crippen LogP contribution in [0.5, 0.6) is 0 Å². The van der Waals surface area contributed by atoms with Crippen LogP contribution in [0.3, 0.4) is 0 Å². The topological polar surface area (TPSA) is 136 Å². The number of aliphatic hydroxyl groups is 2. The lowest BCUT2D eigenvalue weighted by Crippen LogP contribution is -2.61. The highest BCUT2D eigenvalue weighted by atomic mass is 16.6. The van der Waals surface area contributed by atoms with Gasteiger partial charge >= 0.3 is 17.9 Å². The van der Waals surface area contributed by atoms with E-state index >= 15 is 0 Å². The highest BCUT2D eigenvalue weighted by molar-refractivity contribution is 6.04. The first-order valence-corrected chi connectivity index (χ1v) is 14.0. The second kappa shape index (κ2) is 9.94. The van der Waals surface area contributed by atoms with Crippen LogP contribution in [-0.4, -0.2) is 63.9 Å². The Balaban J connectivity index is 1.87. The van der Waals surface area contributed by atoms with Crippen LogP contribution in [0, 0.1) is 35.0 Å². The second-order valence-corrected chi connectivity index (χ2v) is 12.8. The van der Waals surface area contributed by atoms with E-state index in [1.165, 1.54) is 6.92 Å². The fourth-order valence-electron chi connectivity index (χ4n) is 7.56. The number of ketones is 1. The Morgan fingerprint density at radius 3 is 2.38 bits per heavy atom. The first-order chi connectivity index (χ1) is 18.5. The van der Waals surface area contributed by atoms with Crippen LogP contribution >= 0.6 is 0 Å². The van der Waals surface area contributed by atoms with E-state index in [4.69, 9.17) is 14.2 Å². The smallest absolute Gasteiger partial charge is 0.333 e. The van der Waals surface area contributed by atoms with Gasteiger partial charge in [-0.05, 0) is 44.3 Å². The Labute approximate surface area is 235 Å². The van der Waals surface area contributed by atoms with Crippen molar-refractivity contribution in [3.8, 4) is 0 Å². The van der Waals surface area contributed by atoms with Crippen LogP contribution < -0.4 is 0 Å². The Bertz CT molecular complexity index is 1230. The summed E-state index contributed by atoms with van der Waals surface area (Å²) in [6, 6.07) is 0. The van der Waals surface area contributed by atoms with Crippen molar-refractivity contribution in [3.05, 3.63) is 34.9 Å². The summed E-state index contributed by atoms with van der Waals surface area (Å²) in [5, 5.41) is 24.5. The van der Waals surface area contributed by atoms with E-state index < -0.39 is 63.6 Å². The van der Waals surface area contributed by atoms with Gasteiger partial charge in [-0.15, -0.1) is 0 Å². The van der Waals surface area contributed by atoms with Gasteiger partial charge in [0.15, 0.2) is 5.78 Å². The van der Waals surface area contributed by atoms with E-state index in [0.717, 1.165) is 0 Å². The predicted octanol–water partition coefficient (Wildman–Crippen LogP) is 3.23. The molecule has 0 bridgehead atoms. The molecule has 0 heterocycles. The lowest BCUT2D eigenvalue weighted by Gasteiger charge is -2.50. The molecule has 2 saturated carbocycles. The quantitative estimate of drug-likeness (QED) is 0.209. The van der Waals surface area contributed by atoms with Gasteiger partial charge in [-0.1, -0.05) is 45.9 Å². The summed E-state index contributed by atoms with van der Waals surface area (Å²) in [6.45, 7) is 13.3. The Hall–Kier alpha value is -2.78. The zero-order valence-corrected chi connectivity index (χ0v) is 24.7. The molecule has 4 aliphatic rings. The second-order valence-electron chi connectivity index (χ2n) is 12.8. The lowest BCUT2D eigenvalue weighted by molar-refractivity contribution is -0.185. The normalized spacial score (nSPS) is 40.2. The van der Waals surface area contributed by atoms with E-state index in [2.05, 4.69) is 0 Å². The molecule has 0 aromatic heterocycles. The summed E-state index contributed by atoms with van der Waals surface area (Å²) in [7, 11) is 0. The molecule has 0 saturated heterocycles. The minimum absolute atomic E-state index is 0.0357. The van der Waals surface area contributed by atoms with Gasteiger partial charge in [0.1, 0.15) is 24.4 Å². The Morgan fingerprint density at radius 1 is 1.15 bits per heavy atom. The summed E-state index contributed by atoms with van der Waals surface area (Å²) >= 11 is 0. The molecule has 9 heteroatoms.